The van der Waals surface area contributed by atoms with E-state index < -0.39 is 0 Å². The Kier molecular flexibility index (Phi) is 5.64. The molecule has 0 bridgehead atoms. The molecule has 2 fully saturated rings. The third-order valence-corrected chi connectivity index (χ3v) is 5.27. The van der Waals surface area contributed by atoms with Crippen molar-refractivity contribution < 1.29 is 9.47 Å². The maximum absolute atomic E-state index is 6.36. The van der Waals surface area contributed by atoms with Crippen LogP contribution < -0.4 is 14.8 Å². The van der Waals surface area contributed by atoms with E-state index in [4.69, 9.17) is 9.47 Å². The van der Waals surface area contributed by atoms with E-state index in [1.807, 2.05) is 6.07 Å². The second-order valence-corrected chi connectivity index (χ2v) is 7.45. The highest BCUT2D eigenvalue weighted by atomic mass is 79.9. The molecule has 1 saturated carbocycles. The number of nitrogens with one attached hydrogen (secondary N) is 1. The summed E-state index contributed by atoms with van der Waals surface area (Å²) in [6.07, 6.45) is 8.90. The number of rotatable bonds is 5. The zero-order valence-electron chi connectivity index (χ0n) is 13.4. The van der Waals surface area contributed by atoms with E-state index in [1.54, 1.807) is 7.11 Å². The summed E-state index contributed by atoms with van der Waals surface area (Å²) in [5.41, 5.74) is 1.28. The van der Waals surface area contributed by atoms with Crippen molar-refractivity contribution in [1.82, 2.24) is 5.32 Å². The number of methoxy groups -OCH3 is 1. The Labute approximate surface area is 141 Å². The van der Waals surface area contributed by atoms with Crippen LogP contribution in [0, 0.1) is 5.92 Å². The molecule has 1 heterocycles. The highest BCUT2D eigenvalue weighted by Gasteiger charge is 2.23. The molecule has 2 aliphatic rings. The number of ether oxygens (including phenoxy) is 2. The zero-order valence-corrected chi connectivity index (χ0v) is 15.0. The molecule has 1 aliphatic heterocycles. The first-order valence-electron chi connectivity index (χ1n) is 8.50. The van der Waals surface area contributed by atoms with E-state index in [2.05, 4.69) is 27.3 Å². The van der Waals surface area contributed by atoms with Gasteiger partial charge >= 0.3 is 0 Å². The van der Waals surface area contributed by atoms with Gasteiger partial charge in [-0.25, -0.2) is 0 Å². The molecule has 3 rings (SSSR count). The molecule has 22 heavy (non-hydrogen) atoms. The van der Waals surface area contributed by atoms with Gasteiger partial charge in [0.2, 0.25) is 0 Å². The summed E-state index contributed by atoms with van der Waals surface area (Å²) in [4.78, 5) is 0. The van der Waals surface area contributed by atoms with Gasteiger partial charge in [-0.15, -0.1) is 0 Å². The Hall–Kier alpha value is -0.740. The topological polar surface area (TPSA) is 30.5 Å². The molecule has 0 radical (unpaired) electrons. The summed E-state index contributed by atoms with van der Waals surface area (Å²) >= 11 is 3.61. The smallest absolute Gasteiger partial charge is 0.164 e. The minimum Gasteiger partial charge on any atom is -0.493 e. The fourth-order valence-electron chi connectivity index (χ4n) is 3.64. The molecular formula is C18H26BrNO2. The van der Waals surface area contributed by atoms with E-state index in [1.165, 1.54) is 44.1 Å². The molecule has 122 valence electrons. The van der Waals surface area contributed by atoms with E-state index in [-0.39, 0.29) is 0 Å². The summed E-state index contributed by atoms with van der Waals surface area (Å²) in [5.74, 6) is 2.53. The monoisotopic (exact) mass is 367 g/mol. The van der Waals surface area contributed by atoms with Crippen LogP contribution in [0.4, 0.5) is 0 Å². The molecule has 1 unspecified atom stereocenters. The third-order valence-electron chi connectivity index (χ3n) is 4.81. The van der Waals surface area contributed by atoms with Crippen LogP contribution >= 0.6 is 15.9 Å². The van der Waals surface area contributed by atoms with Crippen LogP contribution in [0.5, 0.6) is 11.5 Å². The van der Waals surface area contributed by atoms with Crippen LogP contribution in [0.3, 0.4) is 0 Å². The lowest BCUT2D eigenvalue weighted by Gasteiger charge is -2.25. The second kappa shape index (κ2) is 7.69. The van der Waals surface area contributed by atoms with Crippen LogP contribution in [0.2, 0.25) is 0 Å². The van der Waals surface area contributed by atoms with Crippen LogP contribution in [0.25, 0.3) is 0 Å². The highest BCUT2D eigenvalue weighted by molar-refractivity contribution is 9.10. The van der Waals surface area contributed by atoms with Gasteiger partial charge in [0, 0.05) is 4.47 Å². The van der Waals surface area contributed by atoms with Crippen molar-refractivity contribution in [3.8, 4) is 11.5 Å². The molecule has 0 amide bonds. The normalized spacial score (nSPS) is 22.7. The van der Waals surface area contributed by atoms with Crippen LogP contribution in [-0.2, 0) is 6.42 Å². The van der Waals surface area contributed by atoms with E-state index in [0.29, 0.717) is 12.0 Å². The summed E-state index contributed by atoms with van der Waals surface area (Å²) in [6.45, 7) is 2.27. The molecule has 1 N–H and O–H groups in total. The van der Waals surface area contributed by atoms with Crippen molar-refractivity contribution in [3.05, 3.63) is 22.2 Å². The number of hydrogen-bond donors (Lipinski definition) is 1. The molecule has 3 nitrogen and oxygen atoms in total. The first-order valence-corrected chi connectivity index (χ1v) is 9.29. The fraction of sp³-hybridized carbons (Fsp3) is 0.667. The zero-order chi connectivity index (χ0) is 15.4. The maximum atomic E-state index is 6.36. The first kappa shape index (κ1) is 16.1. The van der Waals surface area contributed by atoms with E-state index in [9.17, 15) is 0 Å². The number of piperidine rings is 1. The molecule has 1 aliphatic carbocycles. The van der Waals surface area contributed by atoms with Crippen LogP contribution in [-0.4, -0.2) is 26.3 Å². The van der Waals surface area contributed by atoms with Gasteiger partial charge in [-0.2, -0.15) is 0 Å². The number of halogens is 1. The minimum absolute atomic E-state index is 0.360. The van der Waals surface area contributed by atoms with Gasteiger partial charge < -0.3 is 14.8 Å². The summed E-state index contributed by atoms with van der Waals surface area (Å²) in [7, 11) is 1.73. The Morgan fingerprint density at radius 2 is 2.00 bits per heavy atom. The first-order chi connectivity index (χ1) is 10.8. The molecule has 1 aromatic carbocycles. The molecule has 0 spiro atoms. The second-order valence-electron chi connectivity index (χ2n) is 6.54. The lowest BCUT2D eigenvalue weighted by Crippen LogP contribution is -2.31. The molecule has 1 saturated heterocycles. The Balaban J connectivity index is 1.82. The van der Waals surface area contributed by atoms with Gasteiger partial charge in [0.05, 0.1) is 13.2 Å². The fourth-order valence-corrected chi connectivity index (χ4v) is 4.13. The maximum Gasteiger partial charge on any atom is 0.164 e. The molecule has 1 aromatic rings. The van der Waals surface area contributed by atoms with Crippen molar-refractivity contribution in [1.29, 1.82) is 0 Å². The Morgan fingerprint density at radius 3 is 2.68 bits per heavy atom. The largest absolute Gasteiger partial charge is 0.493 e. The SMILES string of the molecule is COc1cc(Br)cc(CC2CCCNC2)c1OC1CCCC1. The predicted molar refractivity (Wildman–Crippen MR) is 92.9 cm³/mol. The third kappa shape index (κ3) is 3.96. The molecule has 1 atom stereocenters. The number of benzene rings is 1. The molecular weight excluding hydrogens is 342 g/mol. The van der Waals surface area contributed by atoms with Crippen molar-refractivity contribution in [2.24, 2.45) is 5.92 Å². The molecule has 0 aromatic heterocycles. The van der Waals surface area contributed by atoms with Gasteiger partial charge in [0.1, 0.15) is 0 Å². The van der Waals surface area contributed by atoms with Crippen molar-refractivity contribution >= 4 is 15.9 Å². The van der Waals surface area contributed by atoms with Gasteiger partial charge in [0.25, 0.3) is 0 Å². The standard InChI is InChI=1S/C18H26BrNO2/c1-21-17-11-15(19)10-14(9-13-5-4-8-20-12-13)18(17)22-16-6-2-3-7-16/h10-11,13,16,20H,2-9,12H2,1H3. The highest BCUT2D eigenvalue weighted by Crippen LogP contribution is 2.39. The van der Waals surface area contributed by atoms with E-state index >= 15 is 0 Å². The lowest BCUT2D eigenvalue weighted by atomic mass is 9.92. The van der Waals surface area contributed by atoms with Crippen molar-refractivity contribution in [2.45, 2.75) is 51.0 Å². The summed E-state index contributed by atoms with van der Waals surface area (Å²) < 4.78 is 13.0. The van der Waals surface area contributed by atoms with Crippen molar-refractivity contribution in [2.75, 3.05) is 20.2 Å². The van der Waals surface area contributed by atoms with Gasteiger partial charge in [-0.1, -0.05) is 15.9 Å². The average Bonchev–Trinajstić information content (AvgIpc) is 3.03. The van der Waals surface area contributed by atoms with Gasteiger partial charge in [-0.3, -0.25) is 0 Å². The Bertz CT molecular complexity index is 494. The van der Waals surface area contributed by atoms with E-state index in [0.717, 1.165) is 35.5 Å². The Morgan fingerprint density at radius 1 is 1.18 bits per heavy atom. The average molecular weight is 368 g/mol. The van der Waals surface area contributed by atoms with Gasteiger partial charge in [0.15, 0.2) is 11.5 Å². The summed E-state index contributed by atoms with van der Waals surface area (Å²) in [5, 5.41) is 3.51. The van der Waals surface area contributed by atoms with Gasteiger partial charge in [-0.05, 0) is 81.6 Å². The quantitative estimate of drug-likeness (QED) is 0.840. The predicted octanol–water partition coefficient (Wildman–Crippen LogP) is 4.32. The van der Waals surface area contributed by atoms with Crippen molar-refractivity contribution in [3.63, 3.8) is 0 Å². The van der Waals surface area contributed by atoms with Crippen LogP contribution in [0.1, 0.15) is 44.1 Å². The van der Waals surface area contributed by atoms with Crippen LogP contribution in [0.15, 0.2) is 16.6 Å². The lowest BCUT2D eigenvalue weighted by molar-refractivity contribution is 0.197. The number of hydrogen-bond acceptors (Lipinski definition) is 3. The summed E-state index contributed by atoms with van der Waals surface area (Å²) in [6, 6.07) is 4.23. The molecule has 4 heteroatoms. The minimum atomic E-state index is 0.360.